The Bertz CT molecular complexity index is 1140. The lowest BCUT2D eigenvalue weighted by atomic mass is 10.1. The maximum absolute atomic E-state index is 4.54. The summed E-state index contributed by atoms with van der Waals surface area (Å²) in [6, 6.07) is 8.82. The van der Waals surface area contributed by atoms with Gasteiger partial charge in [0.15, 0.2) is 0 Å². The molecule has 1 aromatic carbocycles. The highest BCUT2D eigenvalue weighted by atomic mass is 35.5. The predicted octanol–water partition coefficient (Wildman–Crippen LogP) is 4.74. The van der Waals surface area contributed by atoms with Gasteiger partial charge in [-0.05, 0) is 74.2 Å². The first-order valence-electron chi connectivity index (χ1n) is 10.5. The van der Waals surface area contributed by atoms with E-state index in [2.05, 4.69) is 66.4 Å². The summed E-state index contributed by atoms with van der Waals surface area (Å²) in [7, 11) is 0. The molecule has 0 radical (unpaired) electrons. The molecule has 34 heavy (non-hydrogen) atoms. The van der Waals surface area contributed by atoms with Crippen molar-refractivity contribution in [3.63, 3.8) is 0 Å². The number of halogens is 4. The average Bonchev–Trinajstić information content (AvgIpc) is 3.58. The van der Waals surface area contributed by atoms with Gasteiger partial charge < -0.3 is 20.6 Å². The number of hydrogen-bond donors (Lipinski definition) is 4. The van der Waals surface area contributed by atoms with Gasteiger partial charge in [-0.1, -0.05) is 18.1 Å². The minimum absolute atomic E-state index is 0. The molecule has 182 valence electrons. The number of aromatic nitrogens is 4. The number of hydrogen-bond acceptors (Lipinski definition) is 4. The number of nitrogens with one attached hydrogen (secondary N) is 4. The van der Waals surface area contributed by atoms with E-state index in [-0.39, 0.29) is 49.6 Å². The van der Waals surface area contributed by atoms with Gasteiger partial charge in [0.2, 0.25) is 0 Å². The third-order valence-electron chi connectivity index (χ3n) is 5.63. The highest BCUT2D eigenvalue weighted by Crippen LogP contribution is 2.24. The first-order valence-corrected chi connectivity index (χ1v) is 10.5. The highest BCUT2D eigenvalue weighted by molar-refractivity contribution is 5.86. The summed E-state index contributed by atoms with van der Waals surface area (Å²) in [6.07, 6.45) is 8.33. The first kappa shape index (κ1) is 29.9. The van der Waals surface area contributed by atoms with Crippen molar-refractivity contribution in [2.45, 2.75) is 37.8 Å². The smallest absolute Gasteiger partial charge is 0.124 e. The van der Waals surface area contributed by atoms with E-state index in [0.29, 0.717) is 12.1 Å². The lowest BCUT2D eigenvalue weighted by Gasteiger charge is -2.05. The normalized spacial score (nSPS) is 18.0. The van der Waals surface area contributed by atoms with Crippen LogP contribution in [0, 0.1) is 23.7 Å². The molecule has 10 heteroatoms. The van der Waals surface area contributed by atoms with Crippen LogP contribution in [0.25, 0.3) is 11.3 Å². The minimum atomic E-state index is 0. The van der Waals surface area contributed by atoms with E-state index in [1.807, 2.05) is 18.3 Å². The van der Waals surface area contributed by atoms with Crippen LogP contribution in [0.1, 0.15) is 60.7 Å². The van der Waals surface area contributed by atoms with Crippen molar-refractivity contribution < 1.29 is 0 Å². The zero-order valence-electron chi connectivity index (χ0n) is 18.4. The maximum atomic E-state index is 4.54. The molecule has 5 rings (SSSR count). The molecule has 4 heterocycles. The maximum Gasteiger partial charge on any atom is 0.124 e. The molecule has 3 aromatic rings. The Balaban J connectivity index is 0.00000144. The van der Waals surface area contributed by atoms with E-state index in [1.165, 1.54) is 12.8 Å². The van der Waals surface area contributed by atoms with Crippen LogP contribution in [0.3, 0.4) is 0 Å². The van der Waals surface area contributed by atoms with Crippen molar-refractivity contribution >= 4 is 49.6 Å². The molecule has 2 atom stereocenters. The third kappa shape index (κ3) is 7.17. The van der Waals surface area contributed by atoms with Crippen LogP contribution >= 0.6 is 49.6 Å². The molecular weight excluding hydrogens is 514 g/mol. The van der Waals surface area contributed by atoms with E-state index < -0.39 is 0 Å². The van der Waals surface area contributed by atoms with Crippen molar-refractivity contribution in [3.8, 4) is 34.9 Å². The largest absolute Gasteiger partial charge is 0.341 e. The van der Waals surface area contributed by atoms with Gasteiger partial charge in [0.1, 0.15) is 17.3 Å². The molecule has 0 saturated carbocycles. The van der Waals surface area contributed by atoms with Crippen molar-refractivity contribution in [1.29, 1.82) is 0 Å². The van der Waals surface area contributed by atoms with Gasteiger partial charge in [0.25, 0.3) is 0 Å². The SMILES string of the molecule is C(C#Cc1cnc([C@@H]2CCCN2)[nH]1)#Cc1ccc(-c2cnc([C@@H]3CCCN3)[nH]2)cc1.Cl.Cl.Cl.Cl. The highest BCUT2D eigenvalue weighted by Gasteiger charge is 2.19. The number of benzene rings is 1. The van der Waals surface area contributed by atoms with Crippen LogP contribution in [-0.4, -0.2) is 33.0 Å². The topological polar surface area (TPSA) is 81.4 Å². The summed E-state index contributed by atoms with van der Waals surface area (Å²) in [5, 5.41) is 6.90. The van der Waals surface area contributed by atoms with E-state index >= 15 is 0 Å². The molecule has 0 aliphatic carbocycles. The van der Waals surface area contributed by atoms with Gasteiger partial charge in [0, 0.05) is 5.56 Å². The van der Waals surface area contributed by atoms with Gasteiger partial charge in [-0.2, -0.15) is 0 Å². The quantitative estimate of drug-likeness (QED) is 0.361. The van der Waals surface area contributed by atoms with Crippen LogP contribution < -0.4 is 10.6 Å². The second-order valence-electron chi connectivity index (χ2n) is 7.74. The summed E-state index contributed by atoms with van der Waals surface area (Å²) in [5.41, 5.74) is 3.87. The van der Waals surface area contributed by atoms with E-state index in [4.69, 9.17) is 0 Å². The van der Waals surface area contributed by atoms with E-state index in [9.17, 15) is 0 Å². The fraction of sp³-hybridized carbons (Fsp3) is 0.333. The summed E-state index contributed by atoms with van der Waals surface area (Å²) >= 11 is 0. The van der Waals surface area contributed by atoms with Gasteiger partial charge in [0.05, 0.1) is 30.2 Å². The molecule has 2 saturated heterocycles. The standard InChI is InChI=1S/C24H24N6.4ClH/c1(2-6-19-15-27-23(29-19)20-7-3-13-25-20)5-17-9-11-18(12-10-17)22-16-28-24(30-22)21-8-4-14-26-21;;;;/h9-12,15-16,20-21,25-26H,3-4,7-8,13-14H2,(H,27,29)(H,28,30);4*1H/t20-,21-;;;;/m0..../s1. The fourth-order valence-electron chi connectivity index (χ4n) is 4.01. The van der Waals surface area contributed by atoms with Gasteiger partial charge >= 0.3 is 0 Å². The van der Waals surface area contributed by atoms with E-state index in [1.54, 1.807) is 6.20 Å². The number of rotatable bonds is 3. The molecule has 6 nitrogen and oxygen atoms in total. The molecule has 0 spiro atoms. The summed E-state index contributed by atoms with van der Waals surface area (Å²) in [5.74, 6) is 14.0. The van der Waals surface area contributed by atoms with Gasteiger partial charge in [-0.15, -0.1) is 49.6 Å². The summed E-state index contributed by atoms with van der Waals surface area (Å²) in [4.78, 5) is 15.7. The molecule has 2 fully saturated rings. The molecule has 0 bridgehead atoms. The minimum Gasteiger partial charge on any atom is -0.341 e. The second-order valence-corrected chi connectivity index (χ2v) is 7.74. The van der Waals surface area contributed by atoms with Crippen molar-refractivity contribution in [1.82, 2.24) is 30.6 Å². The zero-order chi connectivity index (χ0) is 20.2. The monoisotopic (exact) mass is 540 g/mol. The molecule has 2 aliphatic heterocycles. The number of imidazole rings is 2. The van der Waals surface area contributed by atoms with Crippen LogP contribution in [0.4, 0.5) is 0 Å². The van der Waals surface area contributed by atoms with Crippen LogP contribution in [0.15, 0.2) is 36.7 Å². The molecule has 0 unspecified atom stereocenters. The molecule has 0 amide bonds. The Morgan fingerprint density at radius 3 is 1.91 bits per heavy atom. The Kier molecular flexibility index (Phi) is 12.6. The number of aromatic amines is 2. The first-order chi connectivity index (χ1) is 14.8. The third-order valence-corrected chi connectivity index (χ3v) is 5.63. The lowest BCUT2D eigenvalue weighted by Crippen LogP contribution is -2.14. The van der Waals surface area contributed by atoms with Crippen molar-refractivity contribution in [2.24, 2.45) is 0 Å². The van der Waals surface area contributed by atoms with Crippen LogP contribution in [0.5, 0.6) is 0 Å². The Morgan fingerprint density at radius 2 is 1.29 bits per heavy atom. The molecule has 2 aliphatic rings. The second kappa shape index (κ2) is 14.3. The Hall–Kier alpha value is -2.16. The van der Waals surface area contributed by atoms with Crippen LogP contribution in [-0.2, 0) is 0 Å². The number of nitrogens with zero attached hydrogens (tertiary/aromatic N) is 2. The van der Waals surface area contributed by atoms with Crippen LogP contribution in [0.2, 0.25) is 0 Å². The van der Waals surface area contributed by atoms with Gasteiger partial charge in [-0.3, -0.25) is 0 Å². The zero-order valence-corrected chi connectivity index (χ0v) is 21.7. The molecule has 2 aromatic heterocycles. The summed E-state index contributed by atoms with van der Waals surface area (Å²) < 4.78 is 0. The van der Waals surface area contributed by atoms with Gasteiger partial charge in [-0.25, -0.2) is 9.97 Å². The molecular formula is C24H28Cl4N6. The molecule has 4 N–H and O–H groups in total. The average molecular weight is 542 g/mol. The van der Waals surface area contributed by atoms with Crippen molar-refractivity contribution in [3.05, 3.63) is 59.6 Å². The summed E-state index contributed by atoms with van der Waals surface area (Å²) in [6.45, 7) is 2.12. The van der Waals surface area contributed by atoms with E-state index in [0.717, 1.165) is 60.1 Å². The number of H-pyrrole nitrogens is 2. The lowest BCUT2D eigenvalue weighted by molar-refractivity contribution is 0.612. The fourth-order valence-corrected chi connectivity index (χ4v) is 4.01. The Labute approximate surface area is 224 Å². The predicted molar refractivity (Wildman–Crippen MR) is 145 cm³/mol. The Morgan fingerprint density at radius 1 is 0.706 bits per heavy atom. The van der Waals surface area contributed by atoms with Crippen molar-refractivity contribution in [2.75, 3.05) is 13.1 Å².